The monoisotopic (exact) mass is 352 g/mol. The zero-order valence-electron chi connectivity index (χ0n) is 14.1. The Balaban J connectivity index is 1.91. The van der Waals surface area contributed by atoms with E-state index in [-0.39, 0.29) is 18.0 Å². The quantitative estimate of drug-likeness (QED) is 0.684. The maximum Gasteiger partial charge on any atom is 0.233 e. The molecule has 126 valence electrons. The zero-order chi connectivity index (χ0) is 16.8. The Bertz CT molecular complexity index is 599. The molecule has 1 amide bonds. The molecule has 0 fully saturated rings. The highest BCUT2D eigenvalue weighted by Crippen LogP contribution is 2.18. The number of amides is 1. The molecule has 2 aromatic rings. The summed E-state index contributed by atoms with van der Waals surface area (Å²) in [6.45, 7) is 9.03. The zero-order valence-corrected chi connectivity index (χ0v) is 15.7. The van der Waals surface area contributed by atoms with Crippen LogP contribution in [-0.4, -0.2) is 43.4 Å². The lowest BCUT2D eigenvalue weighted by Gasteiger charge is -2.30. The van der Waals surface area contributed by atoms with Crippen LogP contribution in [0, 0.1) is 0 Å². The summed E-state index contributed by atoms with van der Waals surface area (Å²) in [5.74, 6) is 0.543. The number of carbonyl (C=O) groups is 1. The van der Waals surface area contributed by atoms with Gasteiger partial charge in [-0.3, -0.25) is 4.79 Å². The van der Waals surface area contributed by atoms with Gasteiger partial charge in [-0.25, -0.2) is 0 Å². The summed E-state index contributed by atoms with van der Waals surface area (Å²) in [4.78, 5) is 15.7. The van der Waals surface area contributed by atoms with Crippen molar-refractivity contribution in [2.24, 2.45) is 0 Å². The third kappa shape index (κ3) is 5.07. The highest BCUT2D eigenvalue weighted by Gasteiger charge is 2.20. The number of thiophene rings is 1. The van der Waals surface area contributed by atoms with Gasteiger partial charge in [0.25, 0.3) is 0 Å². The molecule has 0 atom stereocenters. The molecule has 0 aliphatic heterocycles. The van der Waals surface area contributed by atoms with E-state index >= 15 is 0 Å². The summed E-state index contributed by atoms with van der Waals surface area (Å²) in [6, 6.07) is 4.61. The van der Waals surface area contributed by atoms with E-state index in [9.17, 15) is 4.79 Å². The Morgan fingerprint density at radius 3 is 2.70 bits per heavy atom. The Labute approximate surface area is 146 Å². The fourth-order valence-electron chi connectivity index (χ4n) is 2.57. The molecule has 7 heteroatoms. The van der Waals surface area contributed by atoms with E-state index in [1.807, 2.05) is 37.2 Å². The van der Waals surface area contributed by atoms with Crippen molar-refractivity contribution in [1.82, 2.24) is 19.7 Å². The number of rotatable bonds is 8. The van der Waals surface area contributed by atoms with Crippen LogP contribution in [0.15, 0.2) is 29.0 Å². The lowest BCUT2D eigenvalue weighted by molar-refractivity contribution is -0.131. The van der Waals surface area contributed by atoms with Gasteiger partial charge in [-0.15, -0.1) is 21.5 Å². The van der Waals surface area contributed by atoms with E-state index < -0.39 is 0 Å². The van der Waals surface area contributed by atoms with Gasteiger partial charge in [-0.05, 0) is 45.6 Å². The molecule has 2 aromatic heterocycles. The highest BCUT2D eigenvalue weighted by molar-refractivity contribution is 7.99. The minimum Gasteiger partial charge on any atom is -0.337 e. The average Bonchev–Trinajstić information content (AvgIpc) is 3.13. The summed E-state index contributed by atoms with van der Waals surface area (Å²) in [5.41, 5.74) is 0. The van der Waals surface area contributed by atoms with E-state index in [1.54, 1.807) is 17.7 Å². The number of carbonyl (C=O) groups excluding carboxylic acids is 1. The number of aromatic nitrogens is 3. The molecule has 0 saturated heterocycles. The van der Waals surface area contributed by atoms with Gasteiger partial charge in [0.1, 0.15) is 6.33 Å². The second kappa shape index (κ2) is 8.49. The third-order valence-electron chi connectivity index (χ3n) is 3.48. The SMILES string of the molecule is CC(C)N(C(=O)CSc1nncn1CCc1cccs1)C(C)C. The smallest absolute Gasteiger partial charge is 0.233 e. The van der Waals surface area contributed by atoms with Gasteiger partial charge >= 0.3 is 0 Å². The summed E-state index contributed by atoms with van der Waals surface area (Å²) in [5, 5.41) is 11.0. The molecule has 0 N–H and O–H groups in total. The van der Waals surface area contributed by atoms with Crippen LogP contribution in [0.1, 0.15) is 32.6 Å². The lowest BCUT2D eigenvalue weighted by atomic mass is 10.2. The highest BCUT2D eigenvalue weighted by atomic mass is 32.2. The first-order chi connectivity index (χ1) is 11.0. The predicted octanol–water partition coefficient (Wildman–Crippen LogP) is 3.32. The Kier molecular flexibility index (Phi) is 6.65. The Hall–Kier alpha value is -1.34. The fourth-order valence-corrected chi connectivity index (χ4v) is 4.08. The summed E-state index contributed by atoms with van der Waals surface area (Å²) in [7, 11) is 0. The van der Waals surface area contributed by atoms with Crippen LogP contribution in [0.2, 0.25) is 0 Å². The summed E-state index contributed by atoms with van der Waals surface area (Å²) in [6.07, 6.45) is 2.70. The van der Waals surface area contributed by atoms with E-state index in [2.05, 4.69) is 27.7 Å². The van der Waals surface area contributed by atoms with Crippen molar-refractivity contribution in [3.05, 3.63) is 28.7 Å². The summed E-state index contributed by atoms with van der Waals surface area (Å²) >= 11 is 3.22. The number of nitrogens with zero attached hydrogens (tertiary/aromatic N) is 4. The van der Waals surface area contributed by atoms with Crippen LogP contribution in [-0.2, 0) is 17.8 Å². The normalized spacial score (nSPS) is 11.4. The molecule has 0 unspecified atom stereocenters. The molecular formula is C16H24N4OS2. The molecule has 0 aliphatic rings. The van der Waals surface area contributed by atoms with Crippen LogP contribution in [0.25, 0.3) is 0 Å². The first-order valence-corrected chi connectivity index (χ1v) is 9.69. The lowest BCUT2D eigenvalue weighted by Crippen LogP contribution is -2.43. The van der Waals surface area contributed by atoms with E-state index in [4.69, 9.17) is 0 Å². The van der Waals surface area contributed by atoms with Gasteiger partial charge < -0.3 is 9.47 Å². The third-order valence-corrected chi connectivity index (χ3v) is 5.39. The van der Waals surface area contributed by atoms with Gasteiger partial charge in [0, 0.05) is 23.5 Å². The molecule has 2 rings (SSSR count). The first-order valence-electron chi connectivity index (χ1n) is 7.83. The largest absolute Gasteiger partial charge is 0.337 e. The predicted molar refractivity (Wildman–Crippen MR) is 95.9 cm³/mol. The van der Waals surface area contributed by atoms with Crippen molar-refractivity contribution in [3.8, 4) is 0 Å². The number of aryl methyl sites for hydroxylation is 2. The fraction of sp³-hybridized carbons (Fsp3) is 0.562. The number of thioether (sulfide) groups is 1. The van der Waals surface area contributed by atoms with Crippen LogP contribution < -0.4 is 0 Å². The van der Waals surface area contributed by atoms with Crippen molar-refractivity contribution < 1.29 is 4.79 Å². The minimum atomic E-state index is 0.146. The maximum absolute atomic E-state index is 12.4. The standard InChI is InChI=1S/C16H24N4OS2/c1-12(2)20(13(3)4)15(21)10-23-16-18-17-11-19(16)8-7-14-6-5-9-22-14/h5-6,9,11-13H,7-8,10H2,1-4H3. The van der Waals surface area contributed by atoms with E-state index in [1.165, 1.54) is 16.6 Å². The maximum atomic E-state index is 12.4. The molecule has 23 heavy (non-hydrogen) atoms. The number of hydrogen-bond donors (Lipinski definition) is 0. The van der Waals surface area contributed by atoms with Gasteiger partial charge in [0.05, 0.1) is 5.75 Å². The molecule has 0 saturated carbocycles. The molecule has 5 nitrogen and oxygen atoms in total. The molecule has 0 bridgehead atoms. The topological polar surface area (TPSA) is 51.0 Å². The molecule has 0 radical (unpaired) electrons. The van der Waals surface area contributed by atoms with Gasteiger partial charge in [-0.1, -0.05) is 17.8 Å². The Morgan fingerprint density at radius 2 is 2.09 bits per heavy atom. The molecule has 2 heterocycles. The second-order valence-electron chi connectivity index (χ2n) is 5.91. The molecule has 0 spiro atoms. The second-order valence-corrected chi connectivity index (χ2v) is 7.89. The van der Waals surface area contributed by atoms with Crippen molar-refractivity contribution in [3.63, 3.8) is 0 Å². The van der Waals surface area contributed by atoms with Crippen molar-refractivity contribution in [2.75, 3.05) is 5.75 Å². The van der Waals surface area contributed by atoms with Crippen molar-refractivity contribution in [1.29, 1.82) is 0 Å². The van der Waals surface area contributed by atoms with Crippen LogP contribution in [0.3, 0.4) is 0 Å². The molecule has 0 aliphatic carbocycles. The Morgan fingerprint density at radius 1 is 1.35 bits per heavy atom. The molecular weight excluding hydrogens is 328 g/mol. The van der Waals surface area contributed by atoms with Gasteiger partial charge in [-0.2, -0.15) is 0 Å². The first kappa shape index (κ1) is 18.0. The van der Waals surface area contributed by atoms with Crippen LogP contribution in [0.4, 0.5) is 0 Å². The van der Waals surface area contributed by atoms with Gasteiger partial charge in [0.2, 0.25) is 5.91 Å². The van der Waals surface area contributed by atoms with Crippen LogP contribution in [0.5, 0.6) is 0 Å². The van der Waals surface area contributed by atoms with E-state index in [0.29, 0.717) is 5.75 Å². The number of hydrogen-bond acceptors (Lipinski definition) is 5. The average molecular weight is 353 g/mol. The van der Waals surface area contributed by atoms with E-state index in [0.717, 1.165) is 18.1 Å². The molecule has 0 aromatic carbocycles. The van der Waals surface area contributed by atoms with Crippen molar-refractivity contribution >= 4 is 29.0 Å². The minimum absolute atomic E-state index is 0.146. The van der Waals surface area contributed by atoms with Crippen LogP contribution >= 0.6 is 23.1 Å². The van der Waals surface area contributed by atoms with Crippen molar-refractivity contribution in [2.45, 2.75) is 57.9 Å². The summed E-state index contributed by atoms with van der Waals surface area (Å²) < 4.78 is 2.02. The van der Waals surface area contributed by atoms with Gasteiger partial charge in [0.15, 0.2) is 5.16 Å².